The van der Waals surface area contributed by atoms with Crippen LogP contribution in [-0.2, 0) is 17.8 Å². The molecule has 1 saturated heterocycles. The van der Waals surface area contributed by atoms with E-state index >= 15 is 0 Å². The second-order valence-electron chi connectivity index (χ2n) is 6.82. The minimum atomic E-state index is -0.250. The summed E-state index contributed by atoms with van der Waals surface area (Å²) in [5.74, 6) is -0.309. The fourth-order valence-corrected chi connectivity index (χ4v) is 3.13. The van der Waals surface area contributed by atoms with Crippen molar-refractivity contribution in [2.45, 2.75) is 19.4 Å². The number of nitrogens with zero attached hydrogens (tertiary/aromatic N) is 2. The van der Waals surface area contributed by atoms with Crippen molar-refractivity contribution in [1.82, 2.24) is 10.2 Å². The molecule has 0 aliphatic carbocycles. The van der Waals surface area contributed by atoms with E-state index in [-0.39, 0.29) is 11.7 Å². The van der Waals surface area contributed by atoms with Crippen molar-refractivity contribution in [1.29, 1.82) is 0 Å². The summed E-state index contributed by atoms with van der Waals surface area (Å²) in [4.78, 5) is 16.7. The number of aryl methyl sites for hydroxylation is 1. The summed E-state index contributed by atoms with van der Waals surface area (Å²) in [7, 11) is 2.15. The number of benzene rings is 2. The van der Waals surface area contributed by atoms with Crippen molar-refractivity contribution in [2.24, 2.45) is 0 Å². The first-order chi connectivity index (χ1) is 12.6. The third kappa shape index (κ3) is 5.05. The van der Waals surface area contributed by atoms with Crippen LogP contribution in [0.2, 0.25) is 0 Å². The highest BCUT2D eigenvalue weighted by atomic mass is 19.1. The van der Waals surface area contributed by atoms with Crippen LogP contribution in [0.25, 0.3) is 0 Å². The van der Waals surface area contributed by atoms with E-state index in [0.717, 1.165) is 31.7 Å². The number of halogens is 1. The van der Waals surface area contributed by atoms with Gasteiger partial charge in [-0.15, -0.1) is 0 Å². The highest BCUT2D eigenvalue weighted by molar-refractivity contribution is 5.76. The predicted octanol–water partition coefficient (Wildman–Crippen LogP) is 2.83. The smallest absolute Gasteiger partial charge is 0.220 e. The van der Waals surface area contributed by atoms with Crippen molar-refractivity contribution in [2.75, 3.05) is 38.1 Å². The molecule has 0 radical (unpaired) electrons. The van der Waals surface area contributed by atoms with E-state index in [9.17, 15) is 9.18 Å². The molecule has 0 spiro atoms. The van der Waals surface area contributed by atoms with Gasteiger partial charge in [0.25, 0.3) is 0 Å². The Morgan fingerprint density at radius 3 is 2.42 bits per heavy atom. The number of hydrogen-bond acceptors (Lipinski definition) is 3. The maximum Gasteiger partial charge on any atom is 0.220 e. The van der Waals surface area contributed by atoms with E-state index < -0.39 is 0 Å². The number of hydrogen-bond donors (Lipinski definition) is 1. The normalized spacial score (nSPS) is 15.1. The van der Waals surface area contributed by atoms with Crippen molar-refractivity contribution >= 4 is 11.6 Å². The summed E-state index contributed by atoms with van der Waals surface area (Å²) in [6, 6.07) is 15.0. The maximum atomic E-state index is 13.6. The Bertz CT molecular complexity index is 724. The van der Waals surface area contributed by atoms with Crippen LogP contribution in [0.15, 0.2) is 48.5 Å². The average molecular weight is 355 g/mol. The molecular formula is C21H26FN3O. The lowest BCUT2D eigenvalue weighted by Crippen LogP contribution is -2.44. The molecule has 0 unspecified atom stereocenters. The molecule has 2 aromatic rings. The molecule has 1 amide bonds. The molecule has 0 aromatic heterocycles. The molecule has 4 nitrogen and oxygen atoms in total. The highest BCUT2D eigenvalue weighted by Crippen LogP contribution is 2.17. The lowest BCUT2D eigenvalue weighted by molar-refractivity contribution is -0.121. The van der Waals surface area contributed by atoms with Gasteiger partial charge in [-0.3, -0.25) is 4.79 Å². The first-order valence-corrected chi connectivity index (χ1v) is 9.14. The zero-order chi connectivity index (χ0) is 18.4. The Labute approximate surface area is 154 Å². The summed E-state index contributed by atoms with van der Waals surface area (Å²) < 4.78 is 13.6. The van der Waals surface area contributed by atoms with Crippen molar-refractivity contribution in [3.8, 4) is 0 Å². The summed E-state index contributed by atoms with van der Waals surface area (Å²) in [6.45, 7) is 4.75. The van der Waals surface area contributed by atoms with Gasteiger partial charge >= 0.3 is 0 Å². The summed E-state index contributed by atoms with van der Waals surface area (Å²) >= 11 is 0. The number of likely N-dealkylation sites (N-methyl/N-ethyl adjacent to an activating group) is 1. The quantitative estimate of drug-likeness (QED) is 0.866. The van der Waals surface area contributed by atoms with E-state index in [2.05, 4.69) is 46.4 Å². The minimum Gasteiger partial charge on any atom is -0.369 e. The number of carbonyl (C=O) groups is 1. The van der Waals surface area contributed by atoms with Gasteiger partial charge in [0.2, 0.25) is 5.91 Å². The van der Waals surface area contributed by atoms with Gasteiger partial charge in [-0.25, -0.2) is 4.39 Å². The van der Waals surface area contributed by atoms with Crippen molar-refractivity contribution in [3.05, 3.63) is 65.5 Å². The van der Waals surface area contributed by atoms with Gasteiger partial charge in [-0.2, -0.15) is 0 Å². The Morgan fingerprint density at radius 1 is 1.04 bits per heavy atom. The van der Waals surface area contributed by atoms with Crippen LogP contribution in [0.1, 0.15) is 17.5 Å². The van der Waals surface area contributed by atoms with Gasteiger partial charge in [-0.1, -0.05) is 30.3 Å². The van der Waals surface area contributed by atoms with E-state index in [4.69, 9.17) is 0 Å². The maximum absolute atomic E-state index is 13.6. The third-order valence-corrected chi connectivity index (χ3v) is 4.87. The molecule has 138 valence electrons. The topological polar surface area (TPSA) is 35.6 Å². The molecule has 1 N–H and O–H groups in total. The standard InChI is InChI=1S/C21H26FN3O/c1-24-12-14-25(15-13-24)19-9-6-17(7-10-19)16-23-21(26)11-8-18-4-2-3-5-20(18)22/h2-7,9-10H,8,11-16H2,1H3,(H,23,26). The molecule has 1 heterocycles. The van der Waals surface area contributed by atoms with Crippen molar-refractivity contribution in [3.63, 3.8) is 0 Å². The van der Waals surface area contributed by atoms with Crippen LogP contribution in [0.4, 0.5) is 10.1 Å². The first kappa shape index (κ1) is 18.4. The minimum absolute atomic E-state index is 0.0589. The molecule has 0 saturated carbocycles. The Balaban J connectivity index is 1.44. The Morgan fingerprint density at radius 2 is 1.73 bits per heavy atom. The Hall–Kier alpha value is -2.40. The van der Waals surface area contributed by atoms with Gasteiger partial charge < -0.3 is 15.1 Å². The van der Waals surface area contributed by atoms with Gasteiger partial charge in [0.15, 0.2) is 0 Å². The number of anilines is 1. The van der Waals surface area contributed by atoms with Crippen LogP contribution in [0.3, 0.4) is 0 Å². The monoisotopic (exact) mass is 355 g/mol. The van der Waals surface area contributed by atoms with Crippen LogP contribution in [0.5, 0.6) is 0 Å². The number of carbonyl (C=O) groups excluding carboxylic acids is 1. The molecule has 2 aromatic carbocycles. The van der Waals surface area contributed by atoms with Crippen LogP contribution < -0.4 is 10.2 Å². The van der Waals surface area contributed by atoms with E-state index in [0.29, 0.717) is 24.9 Å². The van der Waals surface area contributed by atoms with Crippen LogP contribution >= 0.6 is 0 Å². The molecule has 3 rings (SSSR count). The number of amides is 1. The molecule has 5 heteroatoms. The van der Waals surface area contributed by atoms with Crippen molar-refractivity contribution < 1.29 is 9.18 Å². The second kappa shape index (κ2) is 8.81. The largest absolute Gasteiger partial charge is 0.369 e. The molecule has 0 bridgehead atoms. The summed E-state index contributed by atoms with van der Waals surface area (Å²) in [5, 5.41) is 2.91. The summed E-state index contributed by atoms with van der Waals surface area (Å²) in [6.07, 6.45) is 0.709. The Kier molecular flexibility index (Phi) is 6.23. The van der Waals surface area contributed by atoms with Crippen LogP contribution in [0, 0.1) is 5.82 Å². The molecular weight excluding hydrogens is 329 g/mol. The number of piperazine rings is 1. The van der Waals surface area contributed by atoms with Gasteiger partial charge in [-0.05, 0) is 42.8 Å². The van der Waals surface area contributed by atoms with Crippen LogP contribution in [-0.4, -0.2) is 44.0 Å². The lowest BCUT2D eigenvalue weighted by atomic mass is 10.1. The van der Waals surface area contributed by atoms with E-state index in [1.165, 1.54) is 11.8 Å². The lowest BCUT2D eigenvalue weighted by Gasteiger charge is -2.34. The number of rotatable bonds is 6. The zero-order valence-corrected chi connectivity index (χ0v) is 15.2. The fraction of sp³-hybridized carbons (Fsp3) is 0.381. The van der Waals surface area contributed by atoms with E-state index in [1.807, 2.05) is 0 Å². The highest BCUT2D eigenvalue weighted by Gasteiger charge is 2.14. The summed E-state index contributed by atoms with van der Waals surface area (Å²) in [5.41, 5.74) is 2.88. The van der Waals surface area contributed by atoms with E-state index in [1.54, 1.807) is 18.2 Å². The molecule has 0 atom stereocenters. The SMILES string of the molecule is CN1CCN(c2ccc(CNC(=O)CCc3ccccc3F)cc2)CC1. The first-order valence-electron chi connectivity index (χ1n) is 9.14. The fourth-order valence-electron chi connectivity index (χ4n) is 3.13. The van der Waals surface area contributed by atoms with Gasteiger partial charge in [0, 0.05) is 44.8 Å². The molecule has 26 heavy (non-hydrogen) atoms. The predicted molar refractivity (Wildman–Crippen MR) is 103 cm³/mol. The number of nitrogens with one attached hydrogen (secondary N) is 1. The zero-order valence-electron chi connectivity index (χ0n) is 15.2. The van der Waals surface area contributed by atoms with Gasteiger partial charge in [0.1, 0.15) is 5.82 Å². The third-order valence-electron chi connectivity index (χ3n) is 4.87. The molecule has 1 fully saturated rings. The van der Waals surface area contributed by atoms with Gasteiger partial charge in [0.05, 0.1) is 0 Å². The average Bonchev–Trinajstić information content (AvgIpc) is 2.67. The second-order valence-corrected chi connectivity index (χ2v) is 6.82. The molecule has 1 aliphatic rings. The molecule has 1 aliphatic heterocycles.